The van der Waals surface area contributed by atoms with E-state index in [1.807, 2.05) is 0 Å². The predicted octanol–water partition coefficient (Wildman–Crippen LogP) is 4.38. The molecule has 2 amide bonds. The number of Topliss-reactive ketones (excluding diaryl/α,β-unsaturated/α-hetero) is 1. The van der Waals surface area contributed by atoms with Crippen LogP contribution in [0.25, 0.3) is 6.08 Å². The van der Waals surface area contributed by atoms with Crippen molar-refractivity contribution in [2.45, 2.75) is 6.92 Å². The summed E-state index contributed by atoms with van der Waals surface area (Å²) in [7, 11) is 3.04. The number of hydrogen-bond donors (Lipinski definition) is 2. The lowest BCUT2D eigenvalue weighted by Gasteiger charge is -2.12. The molecule has 0 saturated heterocycles. The first kappa shape index (κ1) is 22.8. The number of ether oxygens (including phenoxy) is 2. The first-order valence-electron chi connectivity index (χ1n) is 9.62. The number of hydrogen-bond acceptors (Lipinski definition) is 6. The maximum atomic E-state index is 13.0. The van der Waals surface area contributed by atoms with Crippen molar-refractivity contribution in [3.63, 3.8) is 0 Å². The Bertz CT molecular complexity index is 1170. The molecule has 0 bridgehead atoms. The van der Waals surface area contributed by atoms with E-state index in [0.717, 1.165) is 0 Å². The van der Waals surface area contributed by atoms with Crippen molar-refractivity contribution in [2.75, 3.05) is 19.5 Å². The van der Waals surface area contributed by atoms with Gasteiger partial charge in [0.05, 0.1) is 19.1 Å². The molecule has 0 atom stereocenters. The highest BCUT2D eigenvalue weighted by molar-refractivity contribution is 7.12. The number of nitrogens with one attached hydrogen (secondary N) is 2. The molecule has 8 heteroatoms. The Hall–Kier alpha value is -3.91. The van der Waals surface area contributed by atoms with Gasteiger partial charge in [-0.05, 0) is 54.3 Å². The molecule has 32 heavy (non-hydrogen) atoms. The number of ketones is 1. The summed E-state index contributed by atoms with van der Waals surface area (Å²) >= 11 is 1.27. The molecule has 1 aromatic heterocycles. The molecule has 0 aliphatic heterocycles. The molecule has 0 aliphatic rings. The lowest BCUT2D eigenvalue weighted by Crippen LogP contribution is -2.30. The van der Waals surface area contributed by atoms with E-state index in [1.165, 1.54) is 38.6 Å². The smallest absolute Gasteiger partial charge is 0.272 e. The van der Waals surface area contributed by atoms with Crippen molar-refractivity contribution in [2.24, 2.45) is 0 Å². The summed E-state index contributed by atoms with van der Waals surface area (Å²) < 4.78 is 10.6. The largest absolute Gasteiger partial charge is 0.493 e. The zero-order valence-electron chi connectivity index (χ0n) is 17.8. The summed E-state index contributed by atoms with van der Waals surface area (Å²) in [5.41, 5.74) is 1.56. The first-order chi connectivity index (χ1) is 15.4. The van der Waals surface area contributed by atoms with Crippen molar-refractivity contribution in [1.82, 2.24) is 5.32 Å². The molecule has 0 spiro atoms. The summed E-state index contributed by atoms with van der Waals surface area (Å²) in [5.74, 6) is -0.0305. The number of carbonyl (C=O) groups excluding carboxylic acids is 3. The Morgan fingerprint density at radius 3 is 2.38 bits per heavy atom. The summed E-state index contributed by atoms with van der Waals surface area (Å²) in [6.45, 7) is 1.45. The highest BCUT2D eigenvalue weighted by Gasteiger charge is 2.16. The van der Waals surface area contributed by atoms with Gasteiger partial charge >= 0.3 is 0 Å². The Balaban J connectivity index is 1.93. The molecule has 3 rings (SSSR count). The van der Waals surface area contributed by atoms with Gasteiger partial charge in [0.25, 0.3) is 11.8 Å². The molecule has 0 radical (unpaired) electrons. The second-order valence-electron chi connectivity index (χ2n) is 6.69. The van der Waals surface area contributed by atoms with E-state index in [9.17, 15) is 14.4 Å². The maximum Gasteiger partial charge on any atom is 0.272 e. The lowest BCUT2D eigenvalue weighted by atomic mass is 10.1. The molecular weight excluding hydrogens is 428 g/mol. The fraction of sp³-hybridized carbons (Fsp3) is 0.125. The molecule has 0 saturated carbocycles. The van der Waals surface area contributed by atoms with Gasteiger partial charge in [-0.3, -0.25) is 14.4 Å². The van der Waals surface area contributed by atoms with Crippen molar-refractivity contribution < 1.29 is 23.9 Å². The van der Waals surface area contributed by atoms with Crippen LogP contribution in [-0.4, -0.2) is 31.8 Å². The van der Waals surface area contributed by atoms with E-state index in [1.54, 1.807) is 60.0 Å². The van der Waals surface area contributed by atoms with Gasteiger partial charge in [0.1, 0.15) is 5.70 Å². The molecular formula is C24H22N2O5S. The topological polar surface area (TPSA) is 93.7 Å². The minimum Gasteiger partial charge on any atom is -0.493 e. The summed E-state index contributed by atoms with van der Waals surface area (Å²) in [6, 6.07) is 15.1. The third kappa shape index (κ3) is 5.61. The lowest BCUT2D eigenvalue weighted by molar-refractivity contribution is -0.113. The van der Waals surface area contributed by atoms with Crippen LogP contribution in [0.5, 0.6) is 11.5 Å². The van der Waals surface area contributed by atoms with Crippen LogP contribution >= 0.6 is 11.3 Å². The molecule has 2 aromatic carbocycles. The Morgan fingerprint density at radius 1 is 0.938 bits per heavy atom. The second kappa shape index (κ2) is 10.4. The summed E-state index contributed by atoms with van der Waals surface area (Å²) in [6.07, 6.45) is 1.54. The highest BCUT2D eigenvalue weighted by Crippen LogP contribution is 2.28. The standard InChI is InChI=1S/C24H22N2O5S/c1-15(27)17-6-4-7-18(14-17)25-23(28)19(26-24(29)22-8-5-11-32-22)12-16-9-10-20(30-2)21(13-16)31-3/h4-14H,1-3H3,(H,25,28)(H,26,29)/b19-12-. The Labute approximate surface area is 189 Å². The van der Waals surface area contributed by atoms with Gasteiger partial charge in [0, 0.05) is 11.3 Å². The number of rotatable bonds is 8. The van der Waals surface area contributed by atoms with E-state index >= 15 is 0 Å². The second-order valence-corrected chi connectivity index (χ2v) is 7.64. The zero-order chi connectivity index (χ0) is 23.1. The monoisotopic (exact) mass is 450 g/mol. The number of benzene rings is 2. The van der Waals surface area contributed by atoms with Crippen LogP contribution in [0.4, 0.5) is 5.69 Å². The highest BCUT2D eigenvalue weighted by atomic mass is 32.1. The zero-order valence-corrected chi connectivity index (χ0v) is 18.6. The van der Waals surface area contributed by atoms with Crippen LogP contribution in [0.15, 0.2) is 65.7 Å². The number of carbonyl (C=O) groups is 3. The average Bonchev–Trinajstić information content (AvgIpc) is 3.33. The van der Waals surface area contributed by atoms with Crippen molar-refractivity contribution in [3.05, 3.63) is 81.7 Å². The van der Waals surface area contributed by atoms with Crippen molar-refractivity contribution in [3.8, 4) is 11.5 Å². The van der Waals surface area contributed by atoms with Crippen LogP contribution in [-0.2, 0) is 4.79 Å². The Morgan fingerprint density at radius 2 is 1.72 bits per heavy atom. The summed E-state index contributed by atoms with van der Waals surface area (Å²) in [4.78, 5) is 37.8. The fourth-order valence-electron chi connectivity index (χ4n) is 2.87. The van der Waals surface area contributed by atoms with Crippen LogP contribution in [0.1, 0.15) is 32.5 Å². The summed E-state index contributed by atoms with van der Waals surface area (Å²) in [5, 5.41) is 7.18. The van der Waals surface area contributed by atoms with E-state index in [0.29, 0.717) is 33.2 Å². The van der Waals surface area contributed by atoms with Gasteiger partial charge in [0.15, 0.2) is 17.3 Å². The number of methoxy groups -OCH3 is 2. The number of amides is 2. The van der Waals surface area contributed by atoms with Crippen LogP contribution < -0.4 is 20.1 Å². The molecule has 0 fully saturated rings. The van der Waals surface area contributed by atoms with Gasteiger partial charge in [-0.25, -0.2) is 0 Å². The van der Waals surface area contributed by atoms with Gasteiger partial charge in [-0.1, -0.05) is 24.3 Å². The van der Waals surface area contributed by atoms with Crippen molar-refractivity contribution in [1.29, 1.82) is 0 Å². The van der Waals surface area contributed by atoms with Gasteiger partial charge in [-0.2, -0.15) is 0 Å². The molecule has 7 nitrogen and oxygen atoms in total. The normalized spacial score (nSPS) is 10.9. The minimum absolute atomic E-state index is 0.0313. The van der Waals surface area contributed by atoms with Gasteiger partial charge < -0.3 is 20.1 Å². The maximum absolute atomic E-state index is 13.0. The van der Waals surface area contributed by atoms with Crippen LogP contribution in [0.2, 0.25) is 0 Å². The third-order valence-electron chi connectivity index (χ3n) is 4.48. The predicted molar refractivity (Wildman–Crippen MR) is 124 cm³/mol. The van der Waals surface area contributed by atoms with Crippen molar-refractivity contribution >= 4 is 40.7 Å². The quantitative estimate of drug-likeness (QED) is 0.392. The minimum atomic E-state index is -0.537. The van der Waals surface area contributed by atoms with Gasteiger partial charge in [0.2, 0.25) is 0 Å². The first-order valence-corrected chi connectivity index (χ1v) is 10.5. The number of thiophene rings is 1. The van der Waals surface area contributed by atoms with Gasteiger partial charge in [-0.15, -0.1) is 11.3 Å². The van der Waals surface area contributed by atoms with E-state index in [4.69, 9.17) is 9.47 Å². The fourth-order valence-corrected chi connectivity index (χ4v) is 3.49. The molecule has 1 heterocycles. The van der Waals surface area contributed by atoms with Crippen LogP contribution in [0, 0.1) is 0 Å². The van der Waals surface area contributed by atoms with E-state index < -0.39 is 11.8 Å². The SMILES string of the molecule is COc1ccc(/C=C(\NC(=O)c2cccs2)C(=O)Nc2cccc(C(C)=O)c2)cc1OC. The molecule has 0 aliphatic carbocycles. The molecule has 164 valence electrons. The van der Waals surface area contributed by atoms with E-state index in [-0.39, 0.29) is 11.5 Å². The van der Waals surface area contributed by atoms with Crippen LogP contribution in [0.3, 0.4) is 0 Å². The number of anilines is 1. The third-order valence-corrected chi connectivity index (χ3v) is 5.35. The molecule has 3 aromatic rings. The van der Waals surface area contributed by atoms with E-state index in [2.05, 4.69) is 10.6 Å². The molecule has 0 unspecified atom stereocenters. The average molecular weight is 451 g/mol. The molecule has 2 N–H and O–H groups in total. The Kier molecular flexibility index (Phi) is 7.41.